The van der Waals surface area contributed by atoms with Gasteiger partial charge < -0.3 is 31.9 Å². The van der Waals surface area contributed by atoms with Crippen LogP contribution in [-0.2, 0) is 9.59 Å². The number of nitrogens with one attached hydrogen (secondary N) is 1. The number of anilines is 1. The van der Waals surface area contributed by atoms with E-state index in [2.05, 4.69) is 39.6 Å². The molecule has 1 amide bonds. The van der Waals surface area contributed by atoms with E-state index in [1.807, 2.05) is 42.2 Å². The average molecular weight is 712 g/mol. The highest BCUT2D eigenvalue weighted by Crippen LogP contribution is 2.29. The van der Waals surface area contributed by atoms with Crippen LogP contribution >= 0.6 is 0 Å². The first-order valence-electron chi connectivity index (χ1n) is 15.1. The summed E-state index contributed by atoms with van der Waals surface area (Å²) < 4.78 is 63.5. The van der Waals surface area contributed by atoms with Crippen molar-refractivity contribution in [3.05, 3.63) is 71.6 Å². The maximum absolute atomic E-state index is 13.5. The Kier molecular flexibility index (Phi) is 13.1. The van der Waals surface area contributed by atoms with Gasteiger partial charge in [0.05, 0.1) is 17.6 Å². The van der Waals surface area contributed by atoms with Crippen LogP contribution < -0.4 is 16.8 Å². The van der Waals surface area contributed by atoms with E-state index in [0.29, 0.717) is 18.9 Å². The molecule has 3 aromatic rings. The number of fused-ring (bicyclic) bond motifs is 1. The highest BCUT2D eigenvalue weighted by molar-refractivity contribution is 5.97. The molecule has 2 aromatic carbocycles. The molecule has 7 N–H and O–H groups in total. The van der Waals surface area contributed by atoms with Crippen molar-refractivity contribution in [1.82, 2.24) is 14.9 Å². The summed E-state index contributed by atoms with van der Waals surface area (Å²) in [6.07, 6.45) is -3.22. The largest absolute Gasteiger partial charge is 0.490 e. The number of nitrogens with two attached hydrogens (primary N) is 2. The molecule has 0 radical (unpaired) electrons. The summed E-state index contributed by atoms with van der Waals surface area (Å²) in [5.74, 6) is -4.71. The van der Waals surface area contributed by atoms with Gasteiger partial charge in [-0.1, -0.05) is 60.9 Å². The molecule has 0 bridgehead atoms. The number of hydrogen-bond donors (Lipinski definition) is 5. The van der Waals surface area contributed by atoms with Crippen molar-refractivity contribution in [1.29, 1.82) is 0 Å². The van der Waals surface area contributed by atoms with Gasteiger partial charge in [-0.2, -0.15) is 26.3 Å². The second-order valence-corrected chi connectivity index (χ2v) is 11.3. The Hall–Kier alpha value is -5.42. The van der Waals surface area contributed by atoms with Gasteiger partial charge in [0.25, 0.3) is 5.91 Å². The molecule has 2 unspecified atom stereocenters. The number of carboxylic acid groups (broad SMARTS) is 2. The molecule has 2 atom stereocenters. The molecule has 2 aliphatic rings. The lowest BCUT2D eigenvalue weighted by Gasteiger charge is -2.30. The van der Waals surface area contributed by atoms with E-state index in [0.717, 1.165) is 48.6 Å². The van der Waals surface area contributed by atoms with Crippen LogP contribution in [0, 0.1) is 6.92 Å². The first kappa shape index (κ1) is 39.0. The number of aryl methyl sites for hydroxylation is 1. The van der Waals surface area contributed by atoms with Gasteiger partial charge in [0.1, 0.15) is 5.82 Å². The fourth-order valence-electron chi connectivity index (χ4n) is 5.16. The molecule has 270 valence electrons. The molecule has 1 aromatic heterocycles. The van der Waals surface area contributed by atoms with Crippen molar-refractivity contribution < 1.29 is 50.9 Å². The zero-order valence-corrected chi connectivity index (χ0v) is 26.6. The lowest BCUT2D eigenvalue weighted by Crippen LogP contribution is -2.39. The van der Waals surface area contributed by atoms with Gasteiger partial charge in [0.2, 0.25) is 5.82 Å². The van der Waals surface area contributed by atoms with E-state index >= 15 is 0 Å². The maximum Gasteiger partial charge on any atom is 0.490 e. The molecule has 18 heteroatoms. The number of carbonyl (C=O) groups is 3. The summed E-state index contributed by atoms with van der Waals surface area (Å²) in [6, 6.07) is 16.3. The molecule has 1 aliphatic carbocycles. The normalized spacial score (nSPS) is 17.6. The molecule has 12 nitrogen and oxygen atoms in total. The molecular weight excluding hydrogens is 676 g/mol. The third-order valence-corrected chi connectivity index (χ3v) is 7.53. The van der Waals surface area contributed by atoms with Crippen molar-refractivity contribution in [2.75, 3.05) is 18.4 Å². The number of halogens is 6. The lowest BCUT2D eigenvalue weighted by atomic mass is 9.90. The van der Waals surface area contributed by atoms with Gasteiger partial charge in [-0.15, -0.1) is 0 Å². The van der Waals surface area contributed by atoms with Crippen LogP contribution in [0.5, 0.6) is 0 Å². The molecule has 1 saturated carbocycles. The third kappa shape index (κ3) is 11.3. The maximum atomic E-state index is 13.5. The second-order valence-electron chi connectivity index (χ2n) is 11.3. The minimum Gasteiger partial charge on any atom is -0.475 e. The zero-order valence-electron chi connectivity index (χ0n) is 26.6. The predicted octanol–water partition coefficient (Wildman–Crippen LogP) is 5.13. The smallest absolute Gasteiger partial charge is 0.475 e. The molecule has 2 heterocycles. The minimum atomic E-state index is -5.08. The van der Waals surface area contributed by atoms with Gasteiger partial charge in [0.15, 0.2) is 5.96 Å². The van der Waals surface area contributed by atoms with Crippen LogP contribution in [-0.4, -0.2) is 86.4 Å². The van der Waals surface area contributed by atoms with E-state index < -0.39 is 24.3 Å². The van der Waals surface area contributed by atoms with Gasteiger partial charge in [-0.05, 0) is 49.5 Å². The van der Waals surface area contributed by atoms with Crippen LogP contribution in [0.25, 0.3) is 16.5 Å². The third-order valence-electron chi connectivity index (χ3n) is 7.53. The SMILES string of the molecule is Cc1ccc2nc(C(=O)N3CC=C(c4ccccc4)CC3)nc(NC3CCCCC3N=C(N)N)c2c1.O=C(O)C(F)(F)F.O=C(O)C(F)(F)F. The summed E-state index contributed by atoms with van der Waals surface area (Å²) >= 11 is 0. The predicted molar refractivity (Wildman–Crippen MR) is 172 cm³/mol. The monoisotopic (exact) mass is 711 g/mol. The van der Waals surface area contributed by atoms with Crippen LogP contribution in [0.3, 0.4) is 0 Å². The number of aliphatic carboxylic acids is 2. The quantitative estimate of drug-likeness (QED) is 0.134. The van der Waals surface area contributed by atoms with Gasteiger partial charge in [0, 0.05) is 18.5 Å². The minimum absolute atomic E-state index is 0.0265. The number of carbonyl (C=O) groups excluding carboxylic acids is 1. The van der Waals surface area contributed by atoms with Gasteiger partial charge >= 0.3 is 24.3 Å². The molecule has 0 saturated heterocycles. The number of aliphatic imine (C=N–C) groups is 1. The number of benzene rings is 2. The van der Waals surface area contributed by atoms with Gasteiger partial charge in [-0.25, -0.2) is 24.5 Å². The topological polar surface area (TPSA) is 197 Å². The van der Waals surface area contributed by atoms with E-state index in [1.54, 1.807) is 0 Å². The Morgan fingerprint density at radius 1 is 0.920 bits per heavy atom. The molecular formula is C32H35F6N7O5. The molecule has 1 aliphatic heterocycles. The summed E-state index contributed by atoms with van der Waals surface area (Å²) in [5, 5.41) is 18.7. The molecule has 50 heavy (non-hydrogen) atoms. The standard InChI is InChI=1S/C28H33N7O.2C2HF3O2/c1-18-11-12-22-21(17-18)25(32-23-9-5-6-10-24(23)33-28(29)30)34-26(31-22)27(36)35-15-13-20(14-16-35)19-7-3-2-4-8-19;2*3-2(4,5)1(6)7/h2-4,7-8,11-13,17,23-24H,5-6,9-10,14-16H2,1H3,(H4,29,30,33)(H,31,32,34);2*(H,6,7). The van der Waals surface area contributed by atoms with E-state index in [1.165, 1.54) is 11.1 Å². The van der Waals surface area contributed by atoms with Crippen LogP contribution in [0.4, 0.5) is 32.2 Å². The van der Waals surface area contributed by atoms with E-state index in [-0.39, 0.29) is 29.8 Å². The second kappa shape index (κ2) is 16.8. The van der Waals surface area contributed by atoms with Crippen molar-refractivity contribution in [2.24, 2.45) is 16.5 Å². The number of carboxylic acids is 2. The zero-order chi connectivity index (χ0) is 37.2. The summed E-state index contributed by atoms with van der Waals surface area (Å²) in [6.45, 7) is 3.21. The van der Waals surface area contributed by atoms with Crippen LogP contribution in [0.15, 0.2) is 59.6 Å². The summed E-state index contributed by atoms with van der Waals surface area (Å²) in [7, 11) is 0. The summed E-state index contributed by atoms with van der Waals surface area (Å²) in [5.41, 5.74) is 15.7. The van der Waals surface area contributed by atoms with Crippen molar-refractivity contribution in [2.45, 2.75) is 63.5 Å². The molecule has 1 fully saturated rings. The Labute approximate surface area is 281 Å². The number of aromatic nitrogens is 2. The Bertz CT molecular complexity index is 1700. The Balaban J connectivity index is 0.000000408. The van der Waals surface area contributed by atoms with Crippen molar-refractivity contribution in [3.63, 3.8) is 0 Å². The van der Waals surface area contributed by atoms with E-state index in [4.69, 9.17) is 36.3 Å². The van der Waals surface area contributed by atoms with Crippen LogP contribution in [0.2, 0.25) is 0 Å². The van der Waals surface area contributed by atoms with Crippen molar-refractivity contribution >= 4 is 46.1 Å². The number of amides is 1. The lowest BCUT2D eigenvalue weighted by molar-refractivity contribution is -0.193. The first-order chi connectivity index (χ1) is 23.4. The molecule has 5 rings (SSSR count). The van der Waals surface area contributed by atoms with Crippen molar-refractivity contribution in [3.8, 4) is 0 Å². The van der Waals surface area contributed by atoms with Crippen LogP contribution in [0.1, 0.15) is 53.8 Å². The highest BCUT2D eigenvalue weighted by Gasteiger charge is 2.39. The molecule has 0 spiro atoms. The summed E-state index contributed by atoms with van der Waals surface area (Å²) in [4.78, 5) is 47.0. The fourth-order valence-corrected chi connectivity index (χ4v) is 5.16. The number of guanidine groups is 1. The average Bonchev–Trinajstić information content (AvgIpc) is 3.05. The first-order valence-corrected chi connectivity index (χ1v) is 15.1. The Morgan fingerprint density at radius 2 is 1.52 bits per heavy atom. The van der Waals surface area contributed by atoms with E-state index in [9.17, 15) is 31.1 Å². The highest BCUT2D eigenvalue weighted by atomic mass is 19.4. The number of alkyl halides is 6. The van der Waals surface area contributed by atoms with Gasteiger partial charge in [-0.3, -0.25) is 4.79 Å². The number of rotatable bonds is 5. The number of nitrogens with zero attached hydrogens (tertiary/aromatic N) is 4. The fraction of sp³-hybridized carbons (Fsp3) is 0.375. The number of hydrogen-bond acceptors (Lipinski definition) is 7. The Morgan fingerprint density at radius 3 is 2.06 bits per heavy atom.